The van der Waals surface area contributed by atoms with Gasteiger partial charge in [-0.3, -0.25) is 4.79 Å². The van der Waals surface area contributed by atoms with Crippen LogP contribution in [0.3, 0.4) is 0 Å². The fourth-order valence-corrected chi connectivity index (χ4v) is 2.31. The zero-order chi connectivity index (χ0) is 14.0. The third-order valence-corrected chi connectivity index (χ3v) is 3.29. The van der Waals surface area contributed by atoms with E-state index in [2.05, 4.69) is 5.32 Å². The number of nitrogens with one attached hydrogen (secondary N) is 1. The fraction of sp³-hybridized carbons (Fsp3) is 0.500. The standard InChI is InChI=1S/C14H19FN2O2/c1-14(2)8-10(5-6-19-14)17-13(18)9-3-4-11(15)12(16)7-9/h3-4,7,10H,5-6,8,16H2,1-2H3,(H,17,18). The Hall–Kier alpha value is -1.62. The number of hydrogen-bond acceptors (Lipinski definition) is 3. The van der Waals surface area contributed by atoms with Crippen molar-refractivity contribution in [2.45, 2.75) is 38.3 Å². The van der Waals surface area contributed by atoms with Gasteiger partial charge in [-0.05, 0) is 44.9 Å². The van der Waals surface area contributed by atoms with Gasteiger partial charge in [0.1, 0.15) is 5.82 Å². The van der Waals surface area contributed by atoms with Crippen LogP contribution in [0.4, 0.5) is 10.1 Å². The molecule has 104 valence electrons. The van der Waals surface area contributed by atoms with Crippen LogP contribution in [-0.4, -0.2) is 24.2 Å². The van der Waals surface area contributed by atoms with E-state index in [4.69, 9.17) is 10.5 Å². The lowest BCUT2D eigenvalue weighted by Gasteiger charge is -2.35. The number of anilines is 1. The Morgan fingerprint density at radius 2 is 2.26 bits per heavy atom. The highest BCUT2D eigenvalue weighted by Crippen LogP contribution is 2.24. The van der Waals surface area contributed by atoms with Gasteiger partial charge in [-0.25, -0.2) is 4.39 Å². The molecule has 1 fully saturated rings. The summed E-state index contributed by atoms with van der Waals surface area (Å²) in [6, 6.07) is 4.07. The Labute approximate surface area is 112 Å². The zero-order valence-electron chi connectivity index (χ0n) is 11.2. The second-order valence-corrected chi connectivity index (χ2v) is 5.51. The minimum atomic E-state index is -0.510. The Kier molecular flexibility index (Phi) is 3.75. The zero-order valence-corrected chi connectivity index (χ0v) is 11.2. The molecule has 0 bridgehead atoms. The molecule has 1 heterocycles. The van der Waals surface area contributed by atoms with E-state index in [1.54, 1.807) is 0 Å². The number of rotatable bonds is 2. The van der Waals surface area contributed by atoms with E-state index < -0.39 is 5.82 Å². The summed E-state index contributed by atoms with van der Waals surface area (Å²) < 4.78 is 18.6. The Morgan fingerprint density at radius 3 is 2.89 bits per heavy atom. The molecule has 1 aromatic carbocycles. The van der Waals surface area contributed by atoms with Crippen LogP contribution in [0.5, 0.6) is 0 Å². The van der Waals surface area contributed by atoms with E-state index in [1.165, 1.54) is 18.2 Å². The van der Waals surface area contributed by atoms with Crippen LogP contribution in [-0.2, 0) is 4.74 Å². The summed E-state index contributed by atoms with van der Waals surface area (Å²) in [5.41, 5.74) is 5.60. The average molecular weight is 266 g/mol. The van der Waals surface area contributed by atoms with Crippen LogP contribution in [0, 0.1) is 5.82 Å². The van der Waals surface area contributed by atoms with Gasteiger partial charge in [0, 0.05) is 18.2 Å². The van der Waals surface area contributed by atoms with E-state index in [1.807, 2.05) is 13.8 Å². The van der Waals surface area contributed by atoms with Crippen molar-refractivity contribution in [3.8, 4) is 0 Å². The molecule has 1 unspecified atom stereocenters. The molecule has 1 saturated heterocycles. The van der Waals surface area contributed by atoms with Crippen LogP contribution in [0.25, 0.3) is 0 Å². The molecular weight excluding hydrogens is 247 g/mol. The highest BCUT2D eigenvalue weighted by molar-refractivity contribution is 5.95. The molecule has 5 heteroatoms. The number of hydrogen-bond donors (Lipinski definition) is 2. The molecule has 1 aromatic rings. The van der Waals surface area contributed by atoms with Gasteiger partial charge in [0.05, 0.1) is 11.3 Å². The van der Waals surface area contributed by atoms with Crippen LogP contribution in [0.2, 0.25) is 0 Å². The number of amides is 1. The van der Waals surface area contributed by atoms with E-state index in [0.717, 1.165) is 12.8 Å². The van der Waals surface area contributed by atoms with E-state index in [-0.39, 0.29) is 23.2 Å². The van der Waals surface area contributed by atoms with Gasteiger partial charge >= 0.3 is 0 Å². The van der Waals surface area contributed by atoms with Crippen molar-refractivity contribution in [1.82, 2.24) is 5.32 Å². The lowest BCUT2D eigenvalue weighted by molar-refractivity contribution is -0.0615. The van der Waals surface area contributed by atoms with Gasteiger partial charge in [-0.1, -0.05) is 0 Å². The summed E-state index contributed by atoms with van der Waals surface area (Å²) in [5, 5.41) is 2.94. The Morgan fingerprint density at radius 1 is 1.53 bits per heavy atom. The third kappa shape index (κ3) is 3.44. The van der Waals surface area contributed by atoms with E-state index in [0.29, 0.717) is 12.2 Å². The topological polar surface area (TPSA) is 64.4 Å². The van der Waals surface area contributed by atoms with Gasteiger partial charge in [0.2, 0.25) is 0 Å². The smallest absolute Gasteiger partial charge is 0.251 e. The van der Waals surface area contributed by atoms with Gasteiger partial charge < -0.3 is 15.8 Å². The number of benzene rings is 1. The molecule has 2 rings (SSSR count). The lowest BCUT2D eigenvalue weighted by Crippen LogP contribution is -2.45. The maximum absolute atomic E-state index is 13.0. The summed E-state index contributed by atoms with van der Waals surface area (Å²) in [7, 11) is 0. The first kappa shape index (κ1) is 13.8. The van der Waals surface area contributed by atoms with Crippen molar-refractivity contribution in [3.63, 3.8) is 0 Å². The van der Waals surface area contributed by atoms with Gasteiger partial charge in [0.25, 0.3) is 5.91 Å². The summed E-state index contributed by atoms with van der Waals surface area (Å²) in [5.74, 6) is -0.738. The minimum Gasteiger partial charge on any atom is -0.396 e. The molecule has 1 atom stereocenters. The maximum Gasteiger partial charge on any atom is 0.251 e. The number of nitrogens with two attached hydrogens (primary N) is 1. The van der Waals surface area contributed by atoms with Crippen LogP contribution < -0.4 is 11.1 Å². The summed E-state index contributed by atoms with van der Waals surface area (Å²) >= 11 is 0. The van der Waals surface area contributed by atoms with E-state index in [9.17, 15) is 9.18 Å². The summed E-state index contributed by atoms with van der Waals surface area (Å²) in [6.07, 6.45) is 1.54. The van der Waals surface area contributed by atoms with Crippen LogP contribution >= 0.6 is 0 Å². The summed E-state index contributed by atoms with van der Waals surface area (Å²) in [4.78, 5) is 12.1. The molecular formula is C14H19FN2O2. The average Bonchev–Trinajstić information content (AvgIpc) is 2.31. The van der Waals surface area contributed by atoms with Crippen molar-refractivity contribution in [3.05, 3.63) is 29.6 Å². The largest absolute Gasteiger partial charge is 0.396 e. The Bertz CT molecular complexity index is 488. The van der Waals surface area contributed by atoms with Crippen LogP contribution in [0.1, 0.15) is 37.0 Å². The van der Waals surface area contributed by atoms with Crippen LogP contribution in [0.15, 0.2) is 18.2 Å². The molecule has 1 amide bonds. The predicted octanol–water partition coefficient (Wildman–Crippen LogP) is 2.10. The first-order valence-corrected chi connectivity index (χ1v) is 6.37. The third-order valence-electron chi connectivity index (χ3n) is 3.29. The Balaban J connectivity index is 2.02. The number of ether oxygens (including phenoxy) is 1. The molecule has 4 nitrogen and oxygen atoms in total. The minimum absolute atomic E-state index is 0.0139. The molecule has 1 aliphatic rings. The van der Waals surface area contributed by atoms with Crippen molar-refractivity contribution in [2.24, 2.45) is 0 Å². The number of halogens is 1. The number of carbonyl (C=O) groups is 1. The molecule has 0 aliphatic carbocycles. The highest BCUT2D eigenvalue weighted by atomic mass is 19.1. The number of nitrogen functional groups attached to an aromatic ring is 1. The van der Waals surface area contributed by atoms with Crippen molar-refractivity contribution < 1.29 is 13.9 Å². The molecule has 19 heavy (non-hydrogen) atoms. The van der Waals surface area contributed by atoms with Crippen molar-refractivity contribution in [1.29, 1.82) is 0 Å². The van der Waals surface area contributed by atoms with Crippen molar-refractivity contribution >= 4 is 11.6 Å². The van der Waals surface area contributed by atoms with Gasteiger partial charge in [-0.15, -0.1) is 0 Å². The van der Waals surface area contributed by atoms with E-state index >= 15 is 0 Å². The van der Waals surface area contributed by atoms with Gasteiger partial charge in [-0.2, -0.15) is 0 Å². The maximum atomic E-state index is 13.0. The monoisotopic (exact) mass is 266 g/mol. The lowest BCUT2D eigenvalue weighted by atomic mass is 9.94. The predicted molar refractivity (Wildman–Crippen MR) is 71.3 cm³/mol. The molecule has 0 spiro atoms. The van der Waals surface area contributed by atoms with Crippen molar-refractivity contribution in [2.75, 3.05) is 12.3 Å². The molecule has 0 aromatic heterocycles. The first-order chi connectivity index (χ1) is 8.87. The molecule has 3 N–H and O–H groups in total. The highest BCUT2D eigenvalue weighted by Gasteiger charge is 2.29. The second kappa shape index (κ2) is 5.17. The normalized spacial score (nSPS) is 21.9. The molecule has 0 radical (unpaired) electrons. The molecule has 1 aliphatic heterocycles. The second-order valence-electron chi connectivity index (χ2n) is 5.51. The molecule has 0 saturated carbocycles. The van der Waals surface area contributed by atoms with Gasteiger partial charge in [0.15, 0.2) is 0 Å². The SMILES string of the molecule is CC1(C)CC(NC(=O)c2ccc(F)c(N)c2)CCO1. The quantitative estimate of drug-likeness (QED) is 0.806. The first-order valence-electron chi connectivity index (χ1n) is 6.37. The number of carbonyl (C=O) groups excluding carboxylic acids is 1. The fourth-order valence-electron chi connectivity index (χ4n) is 2.31. The summed E-state index contributed by atoms with van der Waals surface area (Å²) in [6.45, 7) is 4.63.